The second kappa shape index (κ2) is 8.29. The monoisotopic (exact) mass is 433 g/mol. The minimum atomic E-state index is -0.331. The number of pyridine rings is 1. The van der Waals surface area contributed by atoms with E-state index >= 15 is 0 Å². The highest BCUT2D eigenvalue weighted by Gasteiger charge is 2.17. The number of hydrogen-bond donors (Lipinski definition) is 1. The van der Waals surface area contributed by atoms with Crippen molar-refractivity contribution in [3.05, 3.63) is 81.0 Å². The van der Waals surface area contributed by atoms with E-state index in [-0.39, 0.29) is 30.4 Å². The summed E-state index contributed by atoms with van der Waals surface area (Å²) in [4.78, 5) is 37.6. The van der Waals surface area contributed by atoms with Gasteiger partial charge >= 0.3 is 11.4 Å². The molecule has 1 aliphatic rings. The average Bonchev–Trinajstić information content (AvgIpc) is 3.12. The summed E-state index contributed by atoms with van der Waals surface area (Å²) in [6.45, 7) is 0.784. The van der Waals surface area contributed by atoms with Gasteiger partial charge < -0.3 is 5.32 Å². The number of fused-ring (bicyclic) bond motifs is 2. The lowest BCUT2D eigenvalue weighted by atomic mass is 10.2. The summed E-state index contributed by atoms with van der Waals surface area (Å²) in [7, 11) is 0. The number of nitrogens with zero attached hydrogens (tertiary/aromatic N) is 6. The van der Waals surface area contributed by atoms with Crippen LogP contribution in [-0.2, 0) is 30.8 Å². The van der Waals surface area contributed by atoms with Crippen LogP contribution < -0.4 is 16.7 Å². The first kappa shape index (κ1) is 20.0. The highest BCUT2D eigenvalue weighted by atomic mass is 16.2. The normalized spacial score (nSPS) is 13.6. The number of hydrogen-bond acceptors (Lipinski definition) is 5. The molecule has 1 N–H and O–H groups in total. The van der Waals surface area contributed by atoms with Gasteiger partial charge in [-0.15, -0.1) is 5.10 Å². The van der Waals surface area contributed by atoms with Gasteiger partial charge in [0.2, 0.25) is 5.91 Å². The Morgan fingerprint density at radius 3 is 2.75 bits per heavy atom. The van der Waals surface area contributed by atoms with Crippen molar-refractivity contribution in [2.75, 3.05) is 5.32 Å². The SMILES string of the molecule is O=C(Cn1nc2n(c1=O)CCCCC2)Nc1cccc(Cn2nc3ccccn3c2=O)c1. The van der Waals surface area contributed by atoms with Gasteiger partial charge in [-0.1, -0.05) is 24.6 Å². The molecule has 10 heteroatoms. The molecule has 32 heavy (non-hydrogen) atoms. The molecular formula is C22H23N7O3. The highest BCUT2D eigenvalue weighted by molar-refractivity contribution is 5.90. The maximum absolute atomic E-state index is 12.6. The molecule has 5 rings (SSSR count). The number of benzene rings is 1. The van der Waals surface area contributed by atoms with E-state index in [0.29, 0.717) is 17.9 Å². The third-order valence-electron chi connectivity index (χ3n) is 5.61. The molecular weight excluding hydrogens is 410 g/mol. The molecule has 0 atom stereocenters. The maximum atomic E-state index is 12.6. The lowest BCUT2D eigenvalue weighted by molar-refractivity contribution is -0.117. The van der Waals surface area contributed by atoms with Gasteiger partial charge in [0.25, 0.3) is 0 Å². The van der Waals surface area contributed by atoms with E-state index in [1.807, 2.05) is 12.1 Å². The van der Waals surface area contributed by atoms with Crippen LogP contribution in [0.15, 0.2) is 58.3 Å². The maximum Gasteiger partial charge on any atom is 0.350 e. The minimum Gasteiger partial charge on any atom is -0.324 e. The third-order valence-corrected chi connectivity index (χ3v) is 5.61. The number of rotatable bonds is 5. The summed E-state index contributed by atoms with van der Waals surface area (Å²) in [5, 5.41) is 11.5. The first-order chi connectivity index (χ1) is 15.6. The van der Waals surface area contributed by atoms with Crippen molar-refractivity contribution in [1.29, 1.82) is 0 Å². The van der Waals surface area contributed by atoms with Gasteiger partial charge in [-0.2, -0.15) is 5.10 Å². The van der Waals surface area contributed by atoms with Gasteiger partial charge in [-0.05, 0) is 42.7 Å². The van der Waals surface area contributed by atoms with Crippen molar-refractivity contribution in [2.45, 2.75) is 45.3 Å². The number of aromatic nitrogens is 6. The van der Waals surface area contributed by atoms with Crippen LogP contribution in [0.2, 0.25) is 0 Å². The van der Waals surface area contributed by atoms with Crippen molar-refractivity contribution in [1.82, 2.24) is 28.5 Å². The average molecular weight is 433 g/mol. The number of carbonyl (C=O) groups excluding carboxylic acids is 1. The quantitative estimate of drug-likeness (QED) is 0.510. The molecule has 1 amide bonds. The minimum absolute atomic E-state index is 0.144. The molecule has 164 valence electrons. The molecule has 1 aliphatic heterocycles. The Balaban J connectivity index is 1.30. The van der Waals surface area contributed by atoms with E-state index in [9.17, 15) is 14.4 Å². The zero-order valence-electron chi connectivity index (χ0n) is 17.5. The third kappa shape index (κ3) is 3.86. The summed E-state index contributed by atoms with van der Waals surface area (Å²) in [6.07, 6.45) is 5.47. The van der Waals surface area contributed by atoms with E-state index in [1.165, 1.54) is 13.8 Å². The predicted octanol–water partition coefficient (Wildman–Crippen LogP) is 1.27. The van der Waals surface area contributed by atoms with Gasteiger partial charge in [-0.3, -0.25) is 13.8 Å². The fourth-order valence-electron chi connectivity index (χ4n) is 4.06. The summed E-state index contributed by atoms with van der Waals surface area (Å²) < 4.78 is 5.77. The van der Waals surface area contributed by atoms with Gasteiger partial charge in [0.1, 0.15) is 12.4 Å². The molecule has 0 saturated carbocycles. The Kier molecular flexibility index (Phi) is 5.18. The molecule has 0 unspecified atom stereocenters. The lowest BCUT2D eigenvalue weighted by Gasteiger charge is -2.07. The van der Waals surface area contributed by atoms with Crippen molar-refractivity contribution in [3.63, 3.8) is 0 Å². The topological polar surface area (TPSA) is 108 Å². The van der Waals surface area contributed by atoms with Crippen LogP contribution in [0.1, 0.15) is 30.7 Å². The van der Waals surface area contributed by atoms with Crippen molar-refractivity contribution < 1.29 is 4.79 Å². The molecule has 3 aromatic heterocycles. The highest BCUT2D eigenvalue weighted by Crippen LogP contribution is 2.13. The summed E-state index contributed by atoms with van der Waals surface area (Å²) >= 11 is 0. The van der Waals surface area contributed by atoms with Crippen molar-refractivity contribution in [3.8, 4) is 0 Å². The van der Waals surface area contributed by atoms with Crippen LogP contribution in [0.5, 0.6) is 0 Å². The number of nitrogens with one attached hydrogen (secondary N) is 1. The number of carbonyl (C=O) groups is 1. The van der Waals surface area contributed by atoms with E-state index in [2.05, 4.69) is 15.5 Å². The fraction of sp³-hybridized carbons (Fsp3) is 0.318. The first-order valence-electron chi connectivity index (χ1n) is 10.7. The van der Waals surface area contributed by atoms with Crippen LogP contribution in [0, 0.1) is 0 Å². The van der Waals surface area contributed by atoms with E-state index in [4.69, 9.17) is 0 Å². The number of anilines is 1. The molecule has 0 saturated heterocycles. The number of aryl methyl sites for hydroxylation is 1. The van der Waals surface area contributed by atoms with E-state index in [1.54, 1.807) is 41.1 Å². The summed E-state index contributed by atoms with van der Waals surface area (Å²) in [5.74, 6) is 0.419. The van der Waals surface area contributed by atoms with Crippen LogP contribution >= 0.6 is 0 Å². The Morgan fingerprint density at radius 1 is 0.969 bits per heavy atom. The van der Waals surface area contributed by atoms with Crippen LogP contribution in [0.3, 0.4) is 0 Å². The molecule has 10 nitrogen and oxygen atoms in total. The molecule has 4 aromatic rings. The Morgan fingerprint density at radius 2 is 1.88 bits per heavy atom. The molecule has 0 aliphatic carbocycles. The van der Waals surface area contributed by atoms with Crippen LogP contribution in [-0.4, -0.2) is 34.4 Å². The van der Waals surface area contributed by atoms with Crippen molar-refractivity contribution >= 4 is 17.2 Å². The molecule has 0 spiro atoms. The Bertz CT molecular complexity index is 1410. The molecule has 4 heterocycles. The fourth-order valence-corrected chi connectivity index (χ4v) is 4.06. The van der Waals surface area contributed by atoms with Crippen LogP contribution in [0.25, 0.3) is 5.65 Å². The zero-order chi connectivity index (χ0) is 22.1. The van der Waals surface area contributed by atoms with Gasteiger partial charge in [-0.25, -0.2) is 19.0 Å². The van der Waals surface area contributed by atoms with Crippen LogP contribution in [0.4, 0.5) is 5.69 Å². The smallest absolute Gasteiger partial charge is 0.324 e. The molecule has 0 radical (unpaired) electrons. The molecule has 0 fully saturated rings. The molecule has 1 aromatic carbocycles. The summed E-state index contributed by atoms with van der Waals surface area (Å²) in [5.41, 5.74) is 1.51. The Hall–Kier alpha value is -3.95. The second-order valence-electron chi connectivity index (χ2n) is 7.94. The summed E-state index contributed by atoms with van der Waals surface area (Å²) in [6, 6.07) is 12.6. The number of amides is 1. The zero-order valence-corrected chi connectivity index (χ0v) is 17.5. The second-order valence-corrected chi connectivity index (χ2v) is 7.94. The standard InChI is InChI=1S/C22H23N7O3/c30-20(15-29-22(32)26-11-4-1-2-9-18(26)25-29)23-17-8-6-7-16(13-17)14-28-21(31)27-12-5-3-10-19(27)24-28/h3,5-8,10,12-13H,1-2,4,9,11,14-15H2,(H,23,30). The predicted molar refractivity (Wildman–Crippen MR) is 118 cm³/mol. The van der Waals surface area contributed by atoms with E-state index < -0.39 is 0 Å². The van der Waals surface area contributed by atoms with E-state index in [0.717, 1.165) is 37.1 Å². The largest absolute Gasteiger partial charge is 0.350 e. The first-order valence-corrected chi connectivity index (χ1v) is 10.7. The van der Waals surface area contributed by atoms with Gasteiger partial charge in [0.05, 0.1) is 6.54 Å². The van der Waals surface area contributed by atoms with Crippen molar-refractivity contribution in [2.24, 2.45) is 0 Å². The lowest BCUT2D eigenvalue weighted by Crippen LogP contribution is -2.30. The van der Waals surface area contributed by atoms with Gasteiger partial charge in [0, 0.05) is 24.8 Å². The Labute approximate surface area is 182 Å². The molecule has 0 bridgehead atoms. The van der Waals surface area contributed by atoms with Gasteiger partial charge in [0.15, 0.2) is 5.65 Å².